The second kappa shape index (κ2) is 5.71. The van der Waals surface area contributed by atoms with Crippen LogP contribution < -0.4 is 11.1 Å². The van der Waals surface area contributed by atoms with Gasteiger partial charge in [-0.2, -0.15) is 0 Å². The lowest BCUT2D eigenvalue weighted by molar-refractivity contribution is -0.129. The van der Waals surface area contributed by atoms with Gasteiger partial charge in [-0.15, -0.1) is 12.4 Å². The number of benzene rings is 1. The number of hydrogen-bond acceptors (Lipinski definition) is 2. The molecule has 0 atom stereocenters. The van der Waals surface area contributed by atoms with E-state index < -0.39 is 5.54 Å². The molecule has 17 heavy (non-hydrogen) atoms. The van der Waals surface area contributed by atoms with Gasteiger partial charge in [0.1, 0.15) is 0 Å². The van der Waals surface area contributed by atoms with E-state index in [0.29, 0.717) is 11.6 Å². The Bertz CT molecular complexity index is 405. The lowest BCUT2D eigenvalue weighted by Gasteiger charge is -2.36. The van der Waals surface area contributed by atoms with Gasteiger partial charge >= 0.3 is 0 Å². The molecule has 1 aliphatic rings. The van der Waals surface area contributed by atoms with Crippen molar-refractivity contribution in [1.29, 1.82) is 0 Å². The summed E-state index contributed by atoms with van der Waals surface area (Å²) >= 11 is 5.99. The highest BCUT2D eigenvalue weighted by molar-refractivity contribution is 6.31. The van der Waals surface area contributed by atoms with E-state index >= 15 is 0 Å². The molecule has 0 heterocycles. The summed E-state index contributed by atoms with van der Waals surface area (Å²) in [5.74, 6) is -0.0707. The van der Waals surface area contributed by atoms with Crippen LogP contribution in [0.3, 0.4) is 0 Å². The van der Waals surface area contributed by atoms with Crippen LogP contribution in [0, 0.1) is 0 Å². The first-order valence-corrected chi connectivity index (χ1v) is 5.80. The summed E-state index contributed by atoms with van der Waals surface area (Å²) in [6.45, 7) is 0.442. The molecular weight excluding hydrogens is 259 g/mol. The molecule has 1 aliphatic carbocycles. The molecule has 0 radical (unpaired) electrons. The fourth-order valence-electron chi connectivity index (χ4n) is 1.78. The molecule has 1 aromatic rings. The predicted molar refractivity (Wildman–Crippen MR) is 71.3 cm³/mol. The smallest absolute Gasteiger partial charge is 0.240 e. The highest BCUT2D eigenvalue weighted by Gasteiger charge is 2.39. The van der Waals surface area contributed by atoms with Gasteiger partial charge in [0.2, 0.25) is 5.91 Å². The Labute approximate surface area is 112 Å². The Morgan fingerprint density at radius 2 is 2.06 bits per heavy atom. The Morgan fingerprint density at radius 3 is 2.59 bits per heavy atom. The minimum Gasteiger partial charge on any atom is -0.350 e. The van der Waals surface area contributed by atoms with Crippen molar-refractivity contribution in [2.24, 2.45) is 5.73 Å². The van der Waals surface area contributed by atoms with Gasteiger partial charge in [-0.25, -0.2) is 0 Å². The second-order valence-electron chi connectivity index (χ2n) is 4.28. The lowest BCUT2D eigenvalue weighted by atomic mass is 9.77. The quantitative estimate of drug-likeness (QED) is 0.889. The first kappa shape index (κ1) is 14.3. The van der Waals surface area contributed by atoms with Gasteiger partial charge in [0.25, 0.3) is 0 Å². The molecule has 2 rings (SSSR count). The molecule has 0 unspecified atom stereocenters. The second-order valence-corrected chi connectivity index (χ2v) is 4.69. The highest BCUT2D eigenvalue weighted by atomic mass is 35.5. The van der Waals surface area contributed by atoms with Crippen LogP contribution in [-0.4, -0.2) is 11.4 Å². The molecule has 94 valence electrons. The van der Waals surface area contributed by atoms with Crippen LogP contribution >= 0.6 is 24.0 Å². The van der Waals surface area contributed by atoms with Crippen molar-refractivity contribution >= 4 is 29.9 Å². The Kier molecular flexibility index (Phi) is 4.80. The predicted octanol–water partition coefficient (Wildman–Crippen LogP) is 2.26. The van der Waals surface area contributed by atoms with Crippen molar-refractivity contribution in [3.63, 3.8) is 0 Å². The number of carbonyl (C=O) groups excluding carboxylic acids is 1. The third kappa shape index (κ3) is 3.12. The number of carbonyl (C=O) groups is 1. The SMILES string of the molecule is Cl.NC1(C(=O)NCc2ccccc2Cl)CCC1. The maximum atomic E-state index is 11.8. The number of nitrogens with one attached hydrogen (secondary N) is 1. The summed E-state index contributed by atoms with van der Waals surface area (Å²) in [7, 11) is 0. The standard InChI is InChI=1S/C12H15ClN2O.ClH/c13-10-5-2-1-4-9(10)8-15-11(16)12(14)6-3-7-12;/h1-2,4-5H,3,6-8,14H2,(H,15,16);1H. The molecule has 0 spiro atoms. The van der Waals surface area contributed by atoms with E-state index in [4.69, 9.17) is 17.3 Å². The molecular formula is C12H16Cl2N2O. The van der Waals surface area contributed by atoms with Gasteiger partial charge in [0.15, 0.2) is 0 Å². The van der Waals surface area contributed by atoms with Crippen LogP contribution in [0.15, 0.2) is 24.3 Å². The van der Waals surface area contributed by atoms with Crippen LogP contribution in [0.1, 0.15) is 24.8 Å². The number of hydrogen-bond donors (Lipinski definition) is 2. The van der Waals surface area contributed by atoms with Gasteiger partial charge in [-0.05, 0) is 30.9 Å². The first-order chi connectivity index (χ1) is 7.62. The first-order valence-electron chi connectivity index (χ1n) is 5.42. The molecule has 1 aromatic carbocycles. The fraction of sp³-hybridized carbons (Fsp3) is 0.417. The van der Waals surface area contributed by atoms with Gasteiger partial charge in [-0.1, -0.05) is 29.8 Å². The van der Waals surface area contributed by atoms with Crippen molar-refractivity contribution in [3.8, 4) is 0 Å². The number of rotatable bonds is 3. The molecule has 5 heteroatoms. The van der Waals surface area contributed by atoms with Crippen LogP contribution in [0.4, 0.5) is 0 Å². The van der Waals surface area contributed by atoms with Crippen molar-refractivity contribution in [2.75, 3.05) is 0 Å². The number of nitrogens with two attached hydrogens (primary N) is 1. The number of amides is 1. The maximum Gasteiger partial charge on any atom is 0.240 e. The lowest BCUT2D eigenvalue weighted by Crippen LogP contribution is -2.58. The van der Waals surface area contributed by atoms with E-state index in [9.17, 15) is 4.79 Å². The number of halogens is 2. The molecule has 3 nitrogen and oxygen atoms in total. The molecule has 1 amide bonds. The summed E-state index contributed by atoms with van der Waals surface area (Å²) in [6.07, 6.45) is 2.60. The topological polar surface area (TPSA) is 55.1 Å². The fourth-order valence-corrected chi connectivity index (χ4v) is 1.98. The van der Waals surface area contributed by atoms with Crippen LogP contribution in [-0.2, 0) is 11.3 Å². The normalized spacial score (nSPS) is 16.6. The average molecular weight is 275 g/mol. The molecule has 0 saturated heterocycles. The average Bonchev–Trinajstić information content (AvgIpc) is 2.24. The Morgan fingerprint density at radius 1 is 1.41 bits per heavy atom. The Balaban J connectivity index is 0.00000144. The zero-order valence-corrected chi connectivity index (χ0v) is 11.0. The largest absolute Gasteiger partial charge is 0.350 e. The van der Waals surface area contributed by atoms with E-state index in [1.54, 1.807) is 0 Å². The minimum absolute atomic E-state index is 0. The molecule has 0 bridgehead atoms. The van der Waals surface area contributed by atoms with Crippen molar-refractivity contribution in [3.05, 3.63) is 34.9 Å². The monoisotopic (exact) mass is 274 g/mol. The van der Waals surface area contributed by atoms with E-state index in [0.717, 1.165) is 24.8 Å². The van der Waals surface area contributed by atoms with Crippen LogP contribution in [0.2, 0.25) is 5.02 Å². The Hall–Kier alpha value is -0.770. The van der Waals surface area contributed by atoms with Gasteiger partial charge in [-0.3, -0.25) is 4.79 Å². The van der Waals surface area contributed by atoms with E-state index in [1.807, 2.05) is 24.3 Å². The summed E-state index contributed by atoms with van der Waals surface area (Å²) in [5.41, 5.74) is 6.18. The molecule has 1 fully saturated rings. The zero-order chi connectivity index (χ0) is 11.6. The van der Waals surface area contributed by atoms with Crippen molar-refractivity contribution < 1.29 is 4.79 Å². The van der Waals surface area contributed by atoms with E-state index in [1.165, 1.54) is 0 Å². The van der Waals surface area contributed by atoms with Crippen LogP contribution in [0.5, 0.6) is 0 Å². The summed E-state index contributed by atoms with van der Waals surface area (Å²) in [4.78, 5) is 11.8. The molecule has 0 aromatic heterocycles. The van der Waals surface area contributed by atoms with Gasteiger partial charge in [0.05, 0.1) is 5.54 Å². The van der Waals surface area contributed by atoms with Crippen molar-refractivity contribution in [2.45, 2.75) is 31.3 Å². The highest BCUT2D eigenvalue weighted by Crippen LogP contribution is 2.29. The van der Waals surface area contributed by atoms with Gasteiger partial charge < -0.3 is 11.1 Å². The minimum atomic E-state index is -0.638. The summed E-state index contributed by atoms with van der Waals surface area (Å²) in [6, 6.07) is 7.47. The third-order valence-electron chi connectivity index (χ3n) is 3.10. The summed E-state index contributed by atoms with van der Waals surface area (Å²) < 4.78 is 0. The zero-order valence-electron chi connectivity index (χ0n) is 9.41. The van der Waals surface area contributed by atoms with Crippen LogP contribution in [0.25, 0.3) is 0 Å². The third-order valence-corrected chi connectivity index (χ3v) is 3.46. The van der Waals surface area contributed by atoms with Gasteiger partial charge in [0, 0.05) is 11.6 Å². The van der Waals surface area contributed by atoms with Crippen molar-refractivity contribution in [1.82, 2.24) is 5.32 Å². The summed E-state index contributed by atoms with van der Waals surface area (Å²) in [5, 5.41) is 3.50. The van der Waals surface area contributed by atoms with E-state index in [2.05, 4.69) is 5.32 Å². The maximum absolute atomic E-state index is 11.8. The molecule has 3 N–H and O–H groups in total. The molecule has 1 saturated carbocycles. The molecule has 0 aliphatic heterocycles. The van der Waals surface area contributed by atoms with E-state index in [-0.39, 0.29) is 18.3 Å².